The molecule has 140 valence electrons. The molecule has 0 aliphatic heterocycles. The summed E-state index contributed by atoms with van der Waals surface area (Å²) in [7, 11) is -3.64. The number of hydrogen-bond acceptors (Lipinski definition) is 3. The van der Waals surface area contributed by atoms with E-state index in [1.807, 2.05) is 26.8 Å². The Kier molecular flexibility index (Phi) is 6.81. The van der Waals surface area contributed by atoms with Crippen molar-refractivity contribution < 1.29 is 13.2 Å². The zero-order chi connectivity index (χ0) is 19.3. The first kappa shape index (κ1) is 20.4. The van der Waals surface area contributed by atoms with Crippen LogP contribution in [0.2, 0.25) is 5.02 Å². The second kappa shape index (κ2) is 8.66. The fourth-order valence-corrected chi connectivity index (χ4v) is 4.02. The summed E-state index contributed by atoms with van der Waals surface area (Å²) >= 11 is 6.22. The number of unbranched alkanes of at least 4 members (excludes halogenated alkanes) is 1. The van der Waals surface area contributed by atoms with E-state index >= 15 is 0 Å². The molecule has 0 fully saturated rings. The fraction of sp³-hybridized carbons (Fsp3) is 0.316. The zero-order valence-electron chi connectivity index (χ0n) is 15.1. The minimum Gasteiger partial charge on any atom is -0.320 e. The molecule has 0 bridgehead atoms. The van der Waals surface area contributed by atoms with Gasteiger partial charge in [-0.1, -0.05) is 37.1 Å². The average molecular weight is 395 g/mol. The Balaban J connectivity index is 2.23. The van der Waals surface area contributed by atoms with E-state index in [4.69, 9.17) is 11.6 Å². The lowest BCUT2D eigenvalue weighted by Gasteiger charge is -2.12. The molecule has 2 N–H and O–H groups in total. The summed E-state index contributed by atoms with van der Waals surface area (Å²) in [5.74, 6) is -0.413. The Morgan fingerprint density at radius 2 is 1.88 bits per heavy atom. The summed E-state index contributed by atoms with van der Waals surface area (Å²) in [4.78, 5) is 12.6. The van der Waals surface area contributed by atoms with E-state index in [-0.39, 0.29) is 10.5 Å². The molecule has 5 nitrogen and oxygen atoms in total. The van der Waals surface area contributed by atoms with Crippen molar-refractivity contribution >= 4 is 33.2 Å². The third-order valence-corrected chi connectivity index (χ3v) is 5.66. The number of hydrogen-bond donors (Lipinski definition) is 2. The van der Waals surface area contributed by atoms with Crippen LogP contribution in [-0.2, 0) is 10.0 Å². The molecule has 2 rings (SSSR count). The van der Waals surface area contributed by atoms with Crippen molar-refractivity contribution in [2.75, 3.05) is 11.9 Å². The van der Waals surface area contributed by atoms with Gasteiger partial charge in [0, 0.05) is 12.1 Å². The minimum atomic E-state index is -3.64. The van der Waals surface area contributed by atoms with Gasteiger partial charge in [0.25, 0.3) is 5.91 Å². The molecule has 0 radical (unpaired) electrons. The van der Waals surface area contributed by atoms with E-state index < -0.39 is 15.9 Å². The van der Waals surface area contributed by atoms with Crippen LogP contribution in [0.5, 0.6) is 0 Å². The highest BCUT2D eigenvalue weighted by Crippen LogP contribution is 2.28. The van der Waals surface area contributed by atoms with Crippen molar-refractivity contribution in [3.8, 4) is 0 Å². The summed E-state index contributed by atoms with van der Waals surface area (Å²) in [5, 5.41) is 3.21. The molecule has 0 aliphatic rings. The molecule has 0 spiro atoms. The van der Waals surface area contributed by atoms with Gasteiger partial charge in [-0.3, -0.25) is 4.79 Å². The molecular formula is C19H23ClN2O3S. The van der Waals surface area contributed by atoms with Crippen LogP contribution in [0.15, 0.2) is 41.3 Å². The molecule has 0 saturated heterocycles. The van der Waals surface area contributed by atoms with E-state index in [1.165, 1.54) is 12.1 Å². The lowest BCUT2D eigenvalue weighted by Crippen LogP contribution is -2.25. The highest BCUT2D eigenvalue weighted by Gasteiger charge is 2.17. The maximum Gasteiger partial charge on any atom is 0.255 e. The number of amides is 1. The molecule has 0 heterocycles. The van der Waals surface area contributed by atoms with Gasteiger partial charge in [0.15, 0.2) is 0 Å². The number of halogens is 1. The van der Waals surface area contributed by atoms with Crippen LogP contribution in [0.25, 0.3) is 0 Å². The van der Waals surface area contributed by atoms with Crippen molar-refractivity contribution in [3.63, 3.8) is 0 Å². The maximum absolute atomic E-state index is 12.6. The van der Waals surface area contributed by atoms with Crippen molar-refractivity contribution in [1.29, 1.82) is 0 Å². The summed E-state index contributed by atoms with van der Waals surface area (Å²) in [6, 6.07) is 9.63. The van der Waals surface area contributed by atoms with Gasteiger partial charge in [0.05, 0.1) is 15.6 Å². The Bertz CT molecular complexity index is 888. The predicted molar refractivity (Wildman–Crippen MR) is 105 cm³/mol. The number of sulfonamides is 1. The number of anilines is 1. The van der Waals surface area contributed by atoms with Gasteiger partial charge in [0.1, 0.15) is 0 Å². The molecule has 0 unspecified atom stereocenters. The molecular weight excluding hydrogens is 372 g/mol. The van der Waals surface area contributed by atoms with Crippen LogP contribution < -0.4 is 10.0 Å². The van der Waals surface area contributed by atoms with E-state index in [9.17, 15) is 13.2 Å². The van der Waals surface area contributed by atoms with Crippen LogP contribution >= 0.6 is 11.6 Å². The molecule has 26 heavy (non-hydrogen) atoms. The van der Waals surface area contributed by atoms with Crippen LogP contribution in [-0.4, -0.2) is 20.9 Å². The second-order valence-corrected chi connectivity index (χ2v) is 8.35. The molecule has 0 atom stereocenters. The van der Waals surface area contributed by atoms with Gasteiger partial charge in [-0.2, -0.15) is 0 Å². The van der Waals surface area contributed by atoms with Crippen molar-refractivity contribution in [2.45, 2.75) is 38.5 Å². The van der Waals surface area contributed by atoms with Gasteiger partial charge in [0.2, 0.25) is 10.0 Å². The zero-order valence-corrected chi connectivity index (χ0v) is 16.7. The van der Waals surface area contributed by atoms with Crippen molar-refractivity contribution in [3.05, 3.63) is 58.1 Å². The number of rotatable bonds is 7. The lowest BCUT2D eigenvalue weighted by atomic mass is 10.1. The Morgan fingerprint density at radius 1 is 1.15 bits per heavy atom. The first-order valence-corrected chi connectivity index (χ1v) is 10.3. The number of nitrogens with one attached hydrogen (secondary N) is 2. The third-order valence-electron chi connectivity index (χ3n) is 3.90. The highest BCUT2D eigenvalue weighted by atomic mass is 35.5. The van der Waals surface area contributed by atoms with Crippen molar-refractivity contribution in [1.82, 2.24) is 4.72 Å². The molecule has 0 aromatic heterocycles. The smallest absolute Gasteiger partial charge is 0.255 e. The van der Waals surface area contributed by atoms with Crippen molar-refractivity contribution in [2.24, 2.45) is 0 Å². The second-order valence-electron chi connectivity index (χ2n) is 6.17. The summed E-state index contributed by atoms with van der Waals surface area (Å²) < 4.78 is 27.2. The third kappa shape index (κ3) is 5.06. The largest absolute Gasteiger partial charge is 0.320 e. The predicted octanol–water partition coefficient (Wildman–Crippen LogP) is 4.29. The number of carbonyl (C=O) groups excluding carboxylic acids is 1. The fourth-order valence-electron chi connectivity index (χ4n) is 2.53. The highest BCUT2D eigenvalue weighted by molar-refractivity contribution is 7.89. The molecule has 7 heteroatoms. The molecule has 0 saturated carbocycles. The van der Waals surface area contributed by atoms with E-state index in [1.54, 1.807) is 18.2 Å². The standard InChI is InChI=1S/C19H23ClN2O3S/c1-4-5-9-21-26(24,25)16-8-6-7-15(12-16)19(23)22-18-14(3)10-13(2)11-17(18)20/h6-8,10-12,21H,4-5,9H2,1-3H3,(H,22,23). The molecule has 0 aliphatic carbocycles. The van der Waals surface area contributed by atoms with Gasteiger partial charge in [-0.15, -0.1) is 0 Å². The first-order chi connectivity index (χ1) is 12.2. The minimum absolute atomic E-state index is 0.0629. The monoisotopic (exact) mass is 394 g/mol. The number of carbonyl (C=O) groups is 1. The molecule has 2 aromatic carbocycles. The Hall–Kier alpha value is -1.89. The van der Waals surface area contributed by atoms with Gasteiger partial charge in [-0.05, 0) is 55.7 Å². The van der Waals surface area contributed by atoms with Crippen LogP contribution in [0, 0.1) is 13.8 Å². The average Bonchev–Trinajstić information content (AvgIpc) is 2.58. The normalized spacial score (nSPS) is 11.4. The summed E-state index contributed by atoms with van der Waals surface area (Å²) in [5.41, 5.74) is 2.61. The van der Waals surface area contributed by atoms with E-state index in [2.05, 4.69) is 10.0 Å². The van der Waals surface area contributed by atoms with Crippen LogP contribution in [0.3, 0.4) is 0 Å². The van der Waals surface area contributed by atoms with Gasteiger partial charge >= 0.3 is 0 Å². The quantitative estimate of drug-likeness (QED) is 0.688. The Labute approximate surface area is 159 Å². The maximum atomic E-state index is 12.6. The summed E-state index contributed by atoms with van der Waals surface area (Å²) in [6.45, 7) is 6.13. The Morgan fingerprint density at radius 3 is 2.54 bits per heavy atom. The van der Waals surface area contributed by atoms with E-state index in [0.29, 0.717) is 17.3 Å². The lowest BCUT2D eigenvalue weighted by molar-refractivity contribution is 0.102. The number of benzene rings is 2. The number of aryl methyl sites for hydroxylation is 2. The SMILES string of the molecule is CCCCNS(=O)(=O)c1cccc(C(=O)Nc2c(C)cc(C)cc2Cl)c1. The van der Waals surface area contributed by atoms with Crippen LogP contribution in [0.4, 0.5) is 5.69 Å². The summed E-state index contributed by atoms with van der Waals surface area (Å²) in [6.07, 6.45) is 1.65. The topological polar surface area (TPSA) is 75.3 Å². The molecule has 1 amide bonds. The first-order valence-electron chi connectivity index (χ1n) is 8.42. The molecule has 2 aromatic rings. The van der Waals surface area contributed by atoms with Gasteiger partial charge in [-0.25, -0.2) is 13.1 Å². The van der Waals surface area contributed by atoms with Gasteiger partial charge < -0.3 is 5.32 Å². The van der Waals surface area contributed by atoms with E-state index in [0.717, 1.165) is 24.0 Å². The van der Waals surface area contributed by atoms with Crippen LogP contribution in [0.1, 0.15) is 41.3 Å².